The smallest absolute Gasteiger partial charge is 0.243 e. The lowest BCUT2D eigenvalue weighted by atomic mass is 9.89. The molecular formula is C24H27N3O5S. The fraction of sp³-hybridized carbons (Fsp3) is 0.375. The third kappa shape index (κ3) is 4.99. The summed E-state index contributed by atoms with van der Waals surface area (Å²) < 4.78 is 27.2. The van der Waals surface area contributed by atoms with Gasteiger partial charge in [-0.1, -0.05) is 30.3 Å². The number of Topliss-reactive ketones (excluding diaryl/α,β-unsaturated/α-hetero) is 1. The lowest BCUT2D eigenvalue weighted by Crippen LogP contribution is -2.50. The molecule has 1 saturated heterocycles. The minimum absolute atomic E-state index is 0.0618. The quantitative estimate of drug-likeness (QED) is 0.654. The lowest BCUT2D eigenvalue weighted by molar-refractivity contribution is -0.132. The summed E-state index contributed by atoms with van der Waals surface area (Å²) in [6.45, 7) is 2.46. The fourth-order valence-electron chi connectivity index (χ4n) is 4.29. The second kappa shape index (κ2) is 9.44. The van der Waals surface area contributed by atoms with E-state index in [1.165, 1.54) is 35.5 Å². The highest BCUT2D eigenvalue weighted by Gasteiger charge is 2.31. The summed E-state index contributed by atoms with van der Waals surface area (Å²) >= 11 is 0. The molecule has 0 spiro atoms. The number of sulfonamides is 1. The van der Waals surface area contributed by atoms with E-state index in [0.29, 0.717) is 31.5 Å². The van der Waals surface area contributed by atoms with Gasteiger partial charge in [-0.15, -0.1) is 0 Å². The molecule has 9 heteroatoms. The molecule has 0 aliphatic carbocycles. The van der Waals surface area contributed by atoms with Crippen LogP contribution in [0.4, 0.5) is 5.69 Å². The van der Waals surface area contributed by atoms with Crippen LogP contribution in [0.2, 0.25) is 0 Å². The predicted molar refractivity (Wildman–Crippen MR) is 123 cm³/mol. The molecule has 1 unspecified atom stereocenters. The first kappa shape index (κ1) is 23.1. The first-order valence-corrected chi connectivity index (χ1v) is 12.5. The van der Waals surface area contributed by atoms with Crippen LogP contribution in [0.3, 0.4) is 0 Å². The number of nitrogens with one attached hydrogen (secondary N) is 1. The van der Waals surface area contributed by atoms with Crippen LogP contribution in [-0.2, 0) is 26.0 Å². The normalized spacial score (nSPS) is 19.0. The number of piperazine rings is 1. The number of amides is 2. The minimum Gasteiger partial charge on any atom is -0.340 e. The number of nitrogens with zero attached hydrogens (tertiary/aromatic N) is 2. The van der Waals surface area contributed by atoms with Crippen molar-refractivity contribution < 1.29 is 22.8 Å². The molecule has 0 radical (unpaired) electrons. The number of carbonyl (C=O) groups is 3. The molecule has 1 fully saturated rings. The Labute approximate surface area is 193 Å². The molecule has 0 bridgehead atoms. The third-order valence-electron chi connectivity index (χ3n) is 6.31. The Morgan fingerprint density at radius 1 is 1.00 bits per heavy atom. The van der Waals surface area contributed by atoms with Crippen LogP contribution < -0.4 is 5.32 Å². The molecule has 0 aromatic heterocycles. The van der Waals surface area contributed by atoms with E-state index in [9.17, 15) is 22.8 Å². The van der Waals surface area contributed by atoms with Crippen LogP contribution in [0.15, 0.2) is 53.4 Å². The van der Waals surface area contributed by atoms with E-state index in [0.717, 1.165) is 11.3 Å². The van der Waals surface area contributed by atoms with Crippen molar-refractivity contribution >= 4 is 33.3 Å². The monoisotopic (exact) mass is 469 g/mol. The molecular weight excluding hydrogens is 442 g/mol. The number of hydrogen-bond acceptors (Lipinski definition) is 5. The van der Waals surface area contributed by atoms with Gasteiger partial charge in [-0.05, 0) is 43.5 Å². The van der Waals surface area contributed by atoms with Crippen LogP contribution in [0, 0.1) is 5.92 Å². The molecule has 33 heavy (non-hydrogen) atoms. The Bertz CT molecular complexity index is 1170. The third-order valence-corrected chi connectivity index (χ3v) is 8.22. The second-order valence-electron chi connectivity index (χ2n) is 8.45. The molecule has 2 aliphatic heterocycles. The molecule has 2 heterocycles. The number of ketones is 1. The van der Waals surface area contributed by atoms with Gasteiger partial charge in [0.1, 0.15) is 0 Å². The van der Waals surface area contributed by atoms with Crippen molar-refractivity contribution in [3.05, 3.63) is 59.7 Å². The maximum Gasteiger partial charge on any atom is 0.243 e. The van der Waals surface area contributed by atoms with E-state index >= 15 is 0 Å². The summed E-state index contributed by atoms with van der Waals surface area (Å²) in [5.74, 6) is -0.498. The number of anilines is 1. The molecule has 2 aromatic carbocycles. The zero-order valence-corrected chi connectivity index (χ0v) is 19.3. The Balaban J connectivity index is 1.30. The molecule has 1 N–H and O–H groups in total. The number of fused-ring (bicyclic) bond motifs is 1. The zero-order valence-electron chi connectivity index (χ0n) is 18.5. The Morgan fingerprint density at radius 3 is 2.33 bits per heavy atom. The van der Waals surface area contributed by atoms with E-state index in [-0.39, 0.29) is 47.9 Å². The molecule has 8 nitrogen and oxygen atoms in total. The van der Waals surface area contributed by atoms with Crippen molar-refractivity contribution in [3.63, 3.8) is 0 Å². The lowest BCUT2D eigenvalue weighted by Gasteiger charge is -2.34. The molecule has 2 aliphatic rings. The van der Waals surface area contributed by atoms with Gasteiger partial charge in [0.15, 0.2) is 5.78 Å². The van der Waals surface area contributed by atoms with Crippen molar-refractivity contribution in [2.45, 2.75) is 31.1 Å². The summed E-state index contributed by atoms with van der Waals surface area (Å²) in [6, 6.07) is 13.6. The van der Waals surface area contributed by atoms with E-state index in [4.69, 9.17) is 0 Å². The van der Waals surface area contributed by atoms with Gasteiger partial charge in [0.25, 0.3) is 0 Å². The Kier molecular flexibility index (Phi) is 6.62. The van der Waals surface area contributed by atoms with Gasteiger partial charge in [0.2, 0.25) is 21.8 Å². The summed E-state index contributed by atoms with van der Waals surface area (Å²) in [4.78, 5) is 38.3. The molecule has 1 atom stereocenters. The summed E-state index contributed by atoms with van der Waals surface area (Å²) in [7, 11) is -3.69. The fourth-order valence-corrected chi connectivity index (χ4v) is 5.71. The standard InChI is InChI=1S/C24H27N3O5S/c1-17(28)18-6-9-21(10-7-18)33(31,32)27-14-12-26(13-15-27)23(29)11-8-20-16-19-4-2-3-5-22(19)25-24(20)30/h2-7,9-10,20H,8,11-16H2,1H3,(H,25,30). The van der Waals surface area contributed by atoms with Gasteiger partial charge < -0.3 is 10.2 Å². The molecule has 4 rings (SSSR count). The number of benzene rings is 2. The van der Waals surface area contributed by atoms with Gasteiger partial charge in [0, 0.05) is 49.8 Å². The second-order valence-corrected chi connectivity index (χ2v) is 10.4. The molecule has 2 amide bonds. The van der Waals surface area contributed by atoms with E-state index < -0.39 is 10.0 Å². The summed E-state index contributed by atoms with van der Waals surface area (Å²) in [5.41, 5.74) is 2.36. The molecule has 0 saturated carbocycles. The highest BCUT2D eigenvalue weighted by Crippen LogP contribution is 2.28. The van der Waals surface area contributed by atoms with E-state index in [1.54, 1.807) is 4.90 Å². The Morgan fingerprint density at radius 2 is 1.67 bits per heavy atom. The molecule has 174 valence electrons. The van der Waals surface area contributed by atoms with Crippen LogP contribution in [-0.4, -0.2) is 61.4 Å². The van der Waals surface area contributed by atoms with Crippen LogP contribution in [0.5, 0.6) is 0 Å². The maximum absolute atomic E-state index is 12.9. The van der Waals surface area contributed by atoms with E-state index in [1.807, 2.05) is 24.3 Å². The first-order chi connectivity index (χ1) is 15.8. The van der Waals surface area contributed by atoms with E-state index in [2.05, 4.69) is 5.32 Å². The predicted octanol–water partition coefficient (Wildman–Crippen LogP) is 2.31. The van der Waals surface area contributed by atoms with Crippen LogP contribution >= 0.6 is 0 Å². The summed E-state index contributed by atoms with van der Waals surface area (Å²) in [5, 5.41) is 2.90. The van der Waals surface area contributed by atoms with Crippen LogP contribution in [0.1, 0.15) is 35.7 Å². The van der Waals surface area contributed by atoms with Crippen molar-refractivity contribution in [1.82, 2.24) is 9.21 Å². The highest BCUT2D eigenvalue weighted by atomic mass is 32.2. The number of carbonyl (C=O) groups excluding carboxylic acids is 3. The average Bonchev–Trinajstić information content (AvgIpc) is 2.82. The van der Waals surface area contributed by atoms with Crippen molar-refractivity contribution in [2.24, 2.45) is 5.92 Å². The average molecular weight is 470 g/mol. The SMILES string of the molecule is CC(=O)c1ccc(S(=O)(=O)N2CCN(C(=O)CCC3Cc4ccccc4NC3=O)CC2)cc1. The maximum atomic E-state index is 12.9. The minimum atomic E-state index is -3.69. The zero-order chi connectivity index (χ0) is 23.6. The van der Waals surface area contributed by atoms with Crippen molar-refractivity contribution in [2.75, 3.05) is 31.5 Å². The van der Waals surface area contributed by atoms with Gasteiger partial charge in [-0.25, -0.2) is 8.42 Å². The summed E-state index contributed by atoms with van der Waals surface area (Å²) in [6.07, 6.45) is 1.32. The topological polar surface area (TPSA) is 104 Å². The largest absolute Gasteiger partial charge is 0.340 e. The van der Waals surface area contributed by atoms with Gasteiger partial charge >= 0.3 is 0 Å². The number of rotatable bonds is 6. The van der Waals surface area contributed by atoms with Gasteiger partial charge in [0.05, 0.1) is 4.90 Å². The first-order valence-electron chi connectivity index (χ1n) is 11.0. The van der Waals surface area contributed by atoms with Gasteiger partial charge in [-0.2, -0.15) is 4.31 Å². The van der Waals surface area contributed by atoms with Gasteiger partial charge in [-0.3, -0.25) is 14.4 Å². The van der Waals surface area contributed by atoms with Crippen LogP contribution in [0.25, 0.3) is 0 Å². The number of hydrogen-bond donors (Lipinski definition) is 1. The van der Waals surface area contributed by atoms with Crippen molar-refractivity contribution in [1.29, 1.82) is 0 Å². The van der Waals surface area contributed by atoms with Crippen molar-refractivity contribution in [3.8, 4) is 0 Å². The highest BCUT2D eigenvalue weighted by molar-refractivity contribution is 7.89. The number of para-hydroxylation sites is 1. The molecule has 2 aromatic rings. The Hall–Kier alpha value is -3.04.